The fourth-order valence-electron chi connectivity index (χ4n) is 2.36. The number of rotatable bonds is 0. The van der Waals surface area contributed by atoms with E-state index < -0.39 is 0 Å². The highest BCUT2D eigenvalue weighted by Gasteiger charge is 2.13. The molecule has 3 heteroatoms. The first-order valence-electron chi connectivity index (χ1n) is 5.80. The van der Waals surface area contributed by atoms with Crippen LogP contribution in [0.5, 0.6) is 5.75 Å². The van der Waals surface area contributed by atoms with E-state index in [9.17, 15) is 5.11 Å². The van der Waals surface area contributed by atoms with Crippen LogP contribution in [0.4, 0.5) is 0 Å². The number of hydrogen-bond acceptors (Lipinski definition) is 2. The maximum Gasteiger partial charge on any atom is 0.122 e. The number of phenolic OH excluding ortho intramolecular Hbond substituents is 1. The predicted octanol–water partition coefficient (Wildman–Crippen LogP) is 5.34. The van der Waals surface area contributed by atoms with E-state index in [1.807, 2.05) is 26.8 Å². The number of aromatic hydroxyl groups is 1. The van der Waals surface area contributed by atoms with Crippen LogP contribution in [-0.4, -0.2) is 5.11 Å². The fourth-order valence-corrected chi connectivity index (χ4v) is 3.79. The lowest BCUT2D eigenvalue weighted by atomic mass is 10.0. The van der Waals surface area contributed by atoms with Gasteiger partial charge in [-0.3, -0.25) is 0 Å². The molecule has 0 aliphatic carbocycles. The van der Waals surface area contributed by atoms with Gasteiger partial charge >= 0.3 is 0 Å². The van der Waals surface area contributed by atoms with E-state index in [0.29, 0.717) is 5.75 Å². The van der Waals surface area contributed by atoms with E-state index in [4.69, 9.17) is 11.6 Å². The number of halogens is 1. The third kappa shape index (κ3) is 1.53. The minimum atomic E-state index is 0.400. The van der Waals surface area contributed by atoms with Crippen LogP contribution in [0, 0.1) is 20.8 Å². The number of hydrogen-bond donors (Lipinski definition) is 1. The first kappa shape index (κ1) is 11.8. The summed E-state index contributed by atoms with van der Waals surface area (Å²) in [6.07, 6.45) is 0. The minimum Gasteiger partial charge on any atom is -0.507 e. The minimum absolute atomic E-state index is 0.400. The zero-order valence-corrected chi connectivity index (χ0v) is 12.0. The van der Waals surface area contributed by atoms with Crippen LogP contribution in [0.2, 0.25) is 5.02 Å². The molecule has 2 aromatic carbocycles. The van der Waals surface area contributed by atoms with Gasteiger partial charge in [0.1, 0.15) is 5.75 Å². The van der Waals surface area contributed by atoms with Crippen LogP contribution >= 0.6 is 22.9 Å². The average molecular weight is 277 g/mol. The van der Waals surface area contributed by atoms with E-state index in [-0.39, 0.29) is 0 Å². The molecule has 0 unspecified atom stereocenters. The quantitative estimate of drug-likeness (QED) is 0.588. The summed E-state index contributed by atoms with van der Waals surface area (Å²) in [5.41, 5.74) is 2.97. The van der Waals surface area contributed by atoms with Crippen molar-refractivity contribution in [3.05, 3.63) is 39.9 Å². The van der Waals surface area contributed by atoms with E-state index in [2.05, 4.69) is 12.1 Å². The largest absolute Gasteiger partial charge is 0.507 e. The van der Waals surface area contributed by atoms with Gasteiger partial charge in [0.25, 0.3) is 0 Å². The molecule has 0 amide bonds. The van der Waals surface area contributed by atoms with Crippen LogP contribution < -0.4 is 0 Å². The molecule has 0 saturated heterocycles. The highest BCUT2D eigenvalue weighted by atomic mass is 35.5. The van der Waals surface area contributed by atoms with Gasteiger partial charge in [-0.05, 0) is 50.1 Å². The molecular formula is C15H13ClOS. The van der Waals surface area contributed by atoms with Gasteiger partial charge in [-0.1, -0.05) is 11.6 Å². The monoisotopic (exact) mass is 276 g/mol. The topological polar surface area (TPSA) is 20.2 Å². The molecule has 0 aliphatic rings. The van der Waals surface area contributed by atoms with E-state index in [1.165, 1.54) is 15.5 Å². The number of benzene rings is 2. The second-order valence-corrected chi connectivity index (χ2v) is 6.20. The van der Waals surface area contributed by atoms with Gasteiger partial charge in [-0.2, -0.15) is 0 Å². The Kier molecular flexibility index (Phi) is 2.54. The third-order valence-corrected chi connectivity index (χ3v) is 5.13. The van der Waals surface area contributed by atoms with Crippen molar-refractivity contribution in [2.75, 3.05) is 0 Å². The molecule has 0 saturated carbocycles. The summed E-state index contributed by atoms with van der Waals surface area (Å²) in [5, 5.41) is 13.3. The van der Waals surface area contributed by atoms with Crippen molar-refractivity contribution in [2.24, 2.45) is 0 Å². The molecule has 0 aliphatic heterocycles. The Bertz CT molecular complexity index is 786. The Morgan fingerprint density at radius 2 is 1.67 bits per heavy atom. The molecule has 3 rings (SSSR count). The molecule has 0 atom stereocenters. The van der Waals surface area contributed by atoms with E-state index in [0.717, 1.165) is 26.4 Å². The molecule has 18 heavy (non-hydrogen) atoms. The van der Waals surface area contributed by atoms with Gasteiger partial charge in [0.2, 0.25) is 0 Å². The molecule has 1 N–H and O–H groups in total. The summed E-state index contributed by atoms with van der Waals surface area (Å²) in [7, 11) is 0. The van der Waals surface area contributed by atoms with Crippen LogP contribution in [-0.2, 0) is 0 Å². The molecule has 3 aromatic rings. The maximum absolute atomic E-state index is 10.0. The third-order valence-electron chi connectivity index (χ3n) is 3.44. The first-order valence-corrected chi connectivity index (χ1v) is 7.00. The molecule has 1 aromatic heterocycles. The molecule has 0 spiro atoms. The summed E-state index contributed by atoms with van der Waals surface area (Å²) in [6.45, 7) is 5.92. The second kappa shape index (κ2) is 3.87. The number of phenols is 1. The lowest BCUT2D eigenvalue weighted by Gasteiger charge is -2.04. The molecule has 0 radical (unpaired) electrons. The van der Waals surface area contributed by atoms with Crippen molar-refractivity contribution in [3.63, 3.8) is 0 Å². The van der Waals surface area contributed by atoms with Crippen molar-refractivity contribution in [3.8, 4) is 5.75 Å². The van der Waals surface area contributed by atoms with Crippen LogP contribution in [0.25, 0.3) is 20.2 Å². The Morgan fingerprint density at radius 1 is 1.00 bits per heavy atom. The Hall–Kier alpha value is -1.25. The standard InChI is InChI=1S/C15H13ClOS/c1-7-4-10-11-5-8(2)14(17)9(3)15(11)18-13(10)6-12(7)16/h4-6,17H,1-3H3. The zero-order chi connectivity index (χ0) is 13.0. The van der Waals surface area contributed by atoms with Gasteiger partial charge in [0, 0.05) is 30.8 Å². The van der Waals surface area contributed by atoms with E-state index >= 15 is 0 Å². The Morgan fingerprint density at radius 3 is 2.39 bits per heavy atom. The summed E-state index contributed by atoms with van der Waals surface area (Å²) in [6, 6.07) is 6.21. The maximum atomic E-state index is 10.0. The summed E-state index contributed by atoms with van der Waals surface area (Å²) in [5.74, 6) is 0.400. The van der Waals surface area contributed by atoms with Crippen LogP contribution in [0.1, 0.15) is 16.7 Å². The molecule has 0 fully saturated rings. The summed E-state index contributed by atoms with van der Waals surface area (Å²) >= 11 is 7.86. The number of thiophene rings is 1. The molecular weight excluding hydrogens is 264 g/mol. The number of aryl methyl sites for hydroxylation is 3. The second-order valence-electron chi connectivity index (χ2n) is 4.74. The van der Waals surface area contributed by atoms with Crippen molar-refractivity contribution in [1.82, 2.24) is 0 Å². The molecule has 0 bridgehead atoms. The summed E-state index contributed by atoms with van der Waals surface area (Å²) < 4.78 is 2.32. The predicted molar refractivity (Wildman–Crippen MR) is 80.2 cm³/mol. The van der Waals surface area contributed by atoms with Crippen LogP contribution in [0.15, 0.2) is 18.2 Å². The van der Waals surface area contributed by atoms with E-state index in [1.54, 1.807) is 11.3 Å². The lowest BCUT2D eigenvalue weighted by molar-refractivity contribution is 0.468. The van der Waals surface area contributed by atoms with Crippen molar-refractivity contribution >= 4 is 43.1 Å². The molecule has 1 heterocycles. The Balaban J connectivity index is 2.56. The zero-order valence-electron chi connectivity index (χ0n) is 10.5. The first-order chi connectivity index (χ1) is 8.49. The van der Waals surface area contributed by atoms with Gasteiger partial charge in [-0.15, -0.1) is 11.3 Å². The highest BCUT2D eigenvalue weighted by molar-refractivity contribution is 7.26. The highest BCUT2D eigenvalue weighted by Crippen LogP contribution is 2.41. The Labute approximate surface area is 115 Å². The van der Waals surface area contributed by atoms with Gasteiger partial charge in [0.05, 0.1) is 0 Å². The van der Waals surface area contributed by atoms with Crippen molar-refractivity contribution < 1.29 is 5.11 Å². The van der Waals surface area contributed by atoms with Crippen molar-refractivity contribution in [1.29, 1.82) is 0 Å². The molecule has 1 nitrogen and oxygen atoms in total. The summed E-state index contributed by atoms with van der Waals surface area (Å²) in [4.78, 5) is 0. The van der Waals surface area contributed by atoms with Gasteiger partial charge < -0.3 is 5.11 Å². The van der Waals surface area contributed by atoms with Crippen molar-refractivity contribution in [2.45, 2.75) is 20.8 Å². The number of fused-ring (bicyclic) bond motifs is 3. The van der Waals surface area contributed by atoms with Gasteiger partial charge in [0.15, 0.2) is 0 Å². The molecule has 92 valence electrons. The van der Waals surface area contributed by atoms with Crippen LogP contribution in [0.3, 0.4) is 0 Å². The fraction of sp³-hybridized carbons (Fsp3) is 0.200. The smallest absolute Gasteiger partial charge is 0.122 e. The lowest BCUT2D eigenvalue weighted by Crippen LogP contribution is -1.81. The normalized spacial score (nSPS) is 11.6. The SMILES string of the molecule is Cc1cc2c(cc1Cl)sc1c(C)c(O)c(C)cc12. The van der Waals surface area contributed by atoms with Gasteiger partial charge in [-0.25, -0.2) is 0 Å². The average Bonchev–Trinajstić information content (AvgIpc) is 2.66.